The molecule has 2 aliphatic heterocycles. The fourth-order valence-corrected chi connectivity index (χ4v) is 8.34. The summed E-state index contributed by atoms with van der Waals surface area (Å²) in [6.07, 6.45) is 4.54. The number of benzene rings is 1. The van der Waals surface area contributed by atoms with Crippen molar-refractivity contribution < 1.29 is 45.5 Å². The Labute approximate surface area is 309 Å². The Hall–Kier alpha value is -4.18. The molecule has 2 saturated carbocycles. The zero-order chi connectivity index (χ0) is 37.6. The van der Waals surface area contributed by atoms with Gasteiger partial charge in [0.15, 0.2) is 0 Å². The van der Waals surface area contributed by atoms with Crippen LogP contribution >= 0.6 is 0 Å². The van der Waals surface area contributed by atoms with Crippen molar-refractivity contribution in [1.29, 1.82) is 0 Å². The van der Waals surface area contributed by atoms with E-state index in [2.05, 4.69) is 15.6 Å². The second-order valence-electron chi connectivity index (χ2n) is 15.8. The Balaban J connectivity index is 0.00000271. The van der Waals surface area contributed by atoms with Crippen LogP contribution in [0.2, 0.25) is 0 Å². The summed E-state index contributed by atoms with van der Waals surface area (Å²) in [6, 6.07) is 4.83. The van der Waals surface area contributed by atoms with Crippen molar-refractivity contribution in [3.8, 4) is 11.6 Å². The average Bonchev–Trinajstić information content (AvgIpc) is 3.79. The van der Waals surface area contributed by atoms with Crippen molar-refractivity contribution in [1.82, 2.24) is 30.1 Å². The molecule has 290 valence electrons. The summed E-state index contributed by atoms with van der Waals surface area (Å²) in [7, 11) is -2.86. The fraction of sp³-hybridized carbons (Fsp3) is 0.639. The molecule has 15 nitrogen and oxygen atoms in total. The number of fused-ring (bicyclic) bond motifs is 1. The van der Waals surface area contributed by atoms with Gasteiger partial charge in [0.05, 0.1) is 19.3 Å². The van der Waals surface area contributed by atoms with Gasteiger partial charge in [0.1, 0.15) is 29.5 Å². The van der Waals surface area contributed by atoms with Gasteiger partial charge < -0.3 is 29.9 Å². The first-order valence-electron chi connectivity index (χ1n) is 18.0. The molecule has 4 aliphatic rings. The quantitative estimate of drug-likeness (QED) is 0.289. The Morgan fingerprint density at radius 2 is 1.83 bits per heavy atom. The van der Waals surface area contributed by atoms with Gasteiger partial charge in [0, 0.05) is 35.4 Å². The maximum absolute atomic E-state index is 14.6. The number of hydrogen-bond donors (Lipinski definition) is 3. The first-order valence-corrected chi connectivity index (χ1v) is 19.4. The summed E-state index contributed by atoms with van der Waals surface area (Å²) < 4.78 is 44.5. The second kappa shape index (κ2) is 14.0. The zero-order valence-corrected chi connectivity index (χ0v) is 31.5. The number of carbonyl (C=O) groups is 4. The first-order chi connectivity index (χ1) is 24.5. The fourth-order valence-electron chi connectivity index (χ4n) is 7.19. The van der Waals surface area contributed by atoms with E-state index in [1.807, 2.05) is 50.6 Å². The Morgan fingerprint density at radius 1 is 1.12 bits per heavy atom. The van der Waals surface area contributed by atoms with Gasteiger partial charge in [-0.1, -0.05) is 34.1 Å². The molecule has 5 atom stereocenters. The number of methoxy groups -OCH3 is 1. The van der Waals surface area contributed by atoms with Gasteiger partial charge in [-0.2, -0.15) is 8.42 Å². The van der Waals surface area contributed by atoms with Gasteiger partial charge in [-0.05, 0) is 80.0 Å². The molecule has 5 amide bonds. The van der Waals surface area contributed by atoms with E-state index < -0.39 is 62.8 Å². The van der Waals surface area contributed by atoms with Crippen LogP contribution in [0.3, 0.4) is 0 Å². The van der Waals surface area contributed by atoms with E-state index in [1.54, 1.807) is 31.2 Å². The highest BCUT2D eigenvalue weighted by Gasteiger charge is 2.62. The molecule has 2 saturated heterocycles. The van der Waals surface area contributed by atoms with Gasteiger partial charge in [-0.15, -0.1) is 0 Å². The molecule has 2 aromatic rings. The van der Waals surface area contributed by atoms with Gasteiger partial charge in [0.2, 0.25) is 17.7 Å². The number of ether oxygens (including phenoxy) is 2. The second-order valence-corrected chi connectivity index (χ2v) is 17.1. The van der Waals surface area contributed by atoms with Gasteiger partial charge in [-0.25, -0.2) is 18.7 Å². The highest BCUT2D eigenvalue weighted by Crippen LogP contribution is 2.47. The minimum Gasteiger partial charge on any atom is -0.497 e. The number of pyridine rings is 1. The molecular formula is C36H56N6O9S. The molecule has 0 bridgehead atoms. The summed E-state index contributed by atoms with van der Waals surface area (Å²) in [5.74, 6) is -1.36. The molecule has 6 rings (SSSR count). The highest BCUT2D eigenvalue weighted by molar-refractivity contribution is 7.85. The highest BCUT2D eigenvalue weighted by atomic mass is 32.2. The van der Waals surface area contributed by atoms with Crippen LogP contribution in [-0.2, 0) is 28.9 Å². The number of likely N-dealkylation sites (tertiary alicyclic amines) is 2. The van der Waals surface area contributed by atoms with Crippen LogP contribution in [0.15, 0.2) is 30.5 Å². The SMILES string of the molecule is CC[C@@H]1C[C@]1(NC(=O)[C@@H]1C[C@@H](Oc2nccc3cc(OC)ccc23)CN1C(=O)[C@@H](NC(=O)N1CCCC1)C(C)(C)C)C(=O)NS(=O)(=O)OC1(C)CC1.[HH].[HH].[HH]. The van der Waals surface area contributed by atoms with Crippen molar-refractivity contribution in [2.24, 2.45) is 11.3 Å². The molecule has 0 radical (unpaired) electrons. The van der Waals surface area contributed by atoms with Crippen LogP contribution in [0.4, 0.5) is 4.79 Å². The van der Waals surface area contributed by atoms with E-state index >= 15 is 0 Å². The van der Waals surface area contributed by atoms with E-state index in [0.717, 1.165) is 18.2 Å². The summed E-state index contributed by atoms with van der Waals surface area (Å²) >= 11 is 0. The van der Waals surface area contributed by atoms with Crippen LogP contribution in [-0.4, -0.2) is 103 Å². The van der Waals surface area contributed by atoms with Gasteiger partial charge >= 0.3 is 16.3 Å². The smallest absolute Gasteiger partial charge is 0.362 e. The number of nitrogens with one attached hydrogen (secondary N) is 3. The third kappa shape index (κ3) is 7.92. The Morgan fingerprint density at radius 3 is 2.44 bits per heavy atom. The molecule has 1 aromatic carbocycles. The molecule has 0 unspecified atom stereocenters. The van der Waals surface area contributed by atoms with Crippen LogP contribution in [0.1, 0.15) is 83.8 Å². The third-order valence-electron chi connectivity index (χ3n) is 10.7. The number of aromatic nitrogens is 1. The molecule has 3 N–H and O–H groups in total. The van der Waals surface area contributed by atoms with Crippen LogP contribution in [0, 0.1) is 11.3 Å². The lowest BCUT2D eigenvalue weighted by atomic mass is 9.85. The third-order valence-corrected chi connectivity index (χ3v) is 11.7. The maximum atomic E-state index is 14.6. The normalized spacial score (nSPS) is 25.7. The number of nitrogens with zero attached hydrogens (tertiary/aromatic N) is 3. The standard InChI is InChI=1S/C36H50N6O9S.3H2/c1-7-23-20-36(23,32(45)40-52(47,48)51-35(5)13-14-35)39-29(43)27-19-25(50-30-26-11-10-24(49-6)18-22(26)12-15-37-30)21-42(27)31(44)28(34(2,3)4)38-33(46)41-16-8-9-17-41;;;/h10-12,15,18,23,25,27-28H,7-9,13-14,16-17,19-21H2,1-6H3,(H,38,46)(H,39,43)(H,40,45);3*1H/t23-,25-,27+,28-,36-;;;/m1.../s1. The zero-order valence-electron chi connectivity index (χ0n) is 30.7. The van der Waals surface area contributed by atoms with E-state index in [-0.39, 0.29) is 35.6 Å². The first kappa shape index (κ1) is 37.6. The van der Waals surface area contributed by atoms with E-state index in [1.165, 1.54) is 4.90 Å². The molecule has 16 heteroatoms. The molecule has 1 aromatic heterocycles. The summed E-state index contributed by atoms with van der Waals surface area (Å²) in [5, 5.41) is 7.31. The van der Waals surface area contributed by atoms with Crippen molar-refractivity contribution >= 4 is 44.8 Å². The lowest BCUT2D eigenvalue weighted by Gasteiger charge is -2.36. The van der Waals surface area contributed by atoms with Crippen LogP contribution in [0.5, 0.6) is 11.6 Å². The number of carbonyl (C=O) groups excluding carboxylic acids is 4. The largest absolute Gasteiger partial charge is 0.497 e. The van der Waals surface area contributed by atoms with E-state index in [9.17, 15) is 27.6 Å². The van der Waals surface area contributed by atoms with E-state index in [4.69, 9.17) is 13.7 Å². The summed E-state index contributed by atoms with van der Waals surface area (Å²) in [4.78, 5) is 63.3. The number of urea groups is 1. The number of amides is 5. The number of rotatable bonds is 12. The predicted octanol–water partition coefficient (Wildman–Crippen LogP) is 3.76. The maximum Gasteiger partial charge on any atom is 0.362 e. The van der Waals surface area contributed by atoms with E-state index in [0.29, 0.717) is 49.4 Å². The lowest BCUT2D eigenvalue weighted by molar-refractivity contribution is -0.142. The molecule has 52 heavy (non-hydrogen) atoms. The molecular weight excluding hydrogens is 692 g/mol. The number of hydrogen-bond acceptors (Lipinski definition) is 10. The monoisotopic (exact) mass is 748 g/mol. The van der Waals surface area contributed by atoms with Gasteiger partial charge in [-0.3, -0.25) is 14.4 Å². The topological polar surface area (TPSA) is 186 Å². The van der Waals surface area contributed by atoms with Gasteiger partial charge in [0.25, 0.3) is 5.91 Å². The lowest BCUT2D eigenvalue weighted by Crippen LogP contribution is -2.61. The van der Waals surface area contributed by atoms with Crippen molar-refractivity contribution in [3.63, 3.8) is 0 Å². The molecule has 0 spiro atoms. The predicted molar refractivity (Wildman–Crippen MR) is 197 cm³/mol. The summed E-state index contributed by atoms with van der Waals surface area (Å²) in [6.45, 7) is 10.2. The van der Waals surface area contributed by atoms with Crippen LogP contribution in [0.25, 0.3) is 10.8 Å². The molecule has 3 heterocycles. The minimum absolute atomic E-state index is 0. The van der Waals surface area contributed by atoms with Crippen molar-refractivity contribution in [2.75, 3.05) is 26.7 Å². The molecule has 4 fully saturated rings. The molecule has 2 aliphatic carbocycles. The Kier molecular flexibility index (Phi) is 10.1. The minimum atomic E-state index is -4.44. The average molecular weight is 749 g/mol. The summed E-state index contributed by atoms with van der Waals surface area (Å²) in [5.41, 5.74) is -3.10. The van der Waals surface area contributed by atoms with Crippen molar-refractivity contribution in [2.45, 2.75) is 109 Å². The van der Waals surface area contributed by atoms with Crippen LogP contribution < -0.4 is 24.8 Å². The Bertz CT molecular complexity index is 1860. The van der Waals surface area contributed by atoms with Crippen molar-refractivity contribution in [3.05, 3.63) is 30.5 Å².